The third kappa shape index (κ3) is 3.51. The summed E-state index contributed by atoms with van der Waals surface area (Å²) in [6.07, 6.45) is 1.73. The van der Waals surface area contributed by atoms with Crippen molar-refractivity contribution in [1.29, 1.82) is 0 Å². The van der Waals surface area contributed by atoms with Crippen LogP contribution in [0.3, 0.4) is 0 Å². The van der Waals surface area contributed by atoms with Gasteiger partial charge in [-0.15, -0.1) is 11.3 Å². The second-order valence-corrected chi connectivity index (χ2v) is 5.41. The van der Waals surface area contributed by atoms with Crippen molar-refractivity contribution in [2.75, 3.05) is 13.2 Å². The average molecular weight is 284 g/mol. The third-order valence-electron chi connectivity index (χ3n) is 3.00. The predicted octanol–water partition coefficient (Wildman–Crippen LogP) is 1.45. The van der Waals surface area contributed by atoms with E-state index < -0.39 is 5.97 Å². The number of hydrogen-bond donors (Lipinski definition) is 2. The van der Waals surface area contributed by atoms with Crippen molar-refractivity contribution in [2.24, 2.45) is 5.92 Å². The molecule has 1 fully saturated rings. The van der Waals surface area contributed by atoms with E-state index in [-0.39, 0.29) is 23.6 Å². The first-order valence-corrected chi connectivity index (χ1v) is 7.02. The summed E-state index contributed by atoms with van der Waals surface area (Å²) < 4.78 is 5.27. The van der Waals surface area contributed by atoms with E-state index >= 15 is 0 Å². The first kappa shape index (κ1) is 14.0. The van der Waals surface area contributed by atoms with Gasteiger partial charge in [0.25, 0.3) is 0 Å². The molecule has 0 bridgehead atoms. The molecule has 7 heteroatoms. The maximum Gasteiger partial charge on any atom is 0.355 e. The Kier molecular flexibility index (Phi) is 4.49. The van der Waals surface area contributed by atoms with Gasteiger partial charge in [0, 0.05) is 12.0 Å². The van der Waals surface area contributed by atoms with Crippen molar-refractivity contribution in [3.8, 4) is 0 Å². The van der Waals surface area contributed by atoms with Gasteiger partial charge in [-0.25, -0.2) is 9.78 Å². The van der Waals surface area contributed by atoms with Crippen LogP contribution in [0.5, 0.6) is 0 Å². The minimum Gasteiger partial charge on any atom is -0.476 e. The summed E-state index contributed by atoms with van der Waals surface area (Å²) in [6.45, 7) is 2.97. The zero-order chi connectivity index (χ0) is 13.8. The number of amides is 1. The summed E-state index contributed by atoms with van der Waals surface area (Å²) in [6, 6.07) is -0.285. The van der Waals surface area contributed by atoms with Gasteiger partial charge < -0.3 is 15.2 Å². The highest BCUT2D eigenvalue weighted by molar-refractivity contribution is 7.09. The number of carboxylic acids is 1. The fraction of sp³-hybridized carbons (Fsp3) is 0.583. The molecule has 0 aromatic carbocycles. The Morgan fingerprint density at radius 2 is 2.42 bits per heavy atom. The molecule has 1 aromatic rings. The molecule has 2 rings (SSSR count). The standard InChI is InChI=1S/C12H16N2O4S/c1-7(11-14-9(6-19-11)12(16)17)13-10(15)8-3-2-4-18-5-8/h6-8H,2-5H2,1H3,(H,13,15)(H,16,17). The van der Waals surface area contributed by atoms with Crippen LogP contribution >= 0.6 is 11.3 Å². The Labute approximate surface area is 114 Å². The van der Waals surface area contributed by atoms with Crippen LogP contribution in [0.4, 0.5) is 0 Å². The Morgan fingerprint density at radius 1 is 1.63 bits per heavy atom. The zero-order valence-corrected chi connectivity index (χ0v) is 11.4. The molecular formula is C12H16N2O4S. The van der Waals surface area contributed by atoms with Gasteiger partial charge in [0.1, 0.15) is 5.01 Å². The maximum absolute atomic E-state index is 12.0. The minimum absolute atomic E-state index is 0.0158. The number of aromatic nitrogens is 1. The van der Waals surface area contributed by atoms with Crippen molar-refractivity contribution in [1.82, 2.24) is 10.3 Å². The van der Waals surface area contributed by atoms with E-state index in [9.17, 15) is 9.59 Å². The number of nitrogens with zero attached hydrogens (tertiary/aromatic N) is 1. The van der Waals surface area contributed by atoms with Crippen LogP contribution in [0.1, 0.15) is 41.3 Å². The molecule has 0 saturated carbocycles. The van der Waals surface area contributed by atoms with E-state index in [0.717, 1.165) is 12.8 Å². The molecule has 1 aromatic heterocycles. The van der Waals surface area contributed by atoms with Crippen molar-refractivity contribution >= 4 is 23.2 Å². The molecule has 104 valence electrons. The number of ether oxygens (including phenoxy) is 1. The lowest BCUT2D eigenvalue weighted by molar-refractivity contribution is -0.129. The molecule has 2 unspecified atom stereocenters. The first-order valence-electron chi connectivity index (χ1n) is 6.14. The van der Waals surface area contributed by atoms with Crippen LogP contribution in [-0.4, -0.2) is 35.2 Å². The molecule has 1 saturated heterocycles. The van der Waals surface area contributed by atoms with Crippen LogP contribution in [-0.2, 0) is 9.53 Å². The maximum atomic E-state index is 12.0. The summed E-state index contributed by atoms with van der Waals surface area (Å²) in [4.78, 5) is 26.7. The van der Waals surface area contributed by atoms with Gasteiger partial charge in [-0.2, -0.15) is 0 Å². The molecule has 1 aliphatic rings. The Hall–Kier alpha value is -1.47. The average Bonchev–Trinajstić information content (AvgIpc) is 2.89. The van der Waals surface area contributed by atoms with Gasteiger partial charge in [0.15, 0.2) is 5.69 Å². The molecule has 2 atom stereocenters. The molecular weight excluding hydrogens is 268 g/mol. The summed E-state index contributed by atoms with van der Waals surface area (Å²) in [7, 11) is 0. The number of carbonyl (C=O) groups excluding carboxylic acids is 1. The SMILES string of the molecule is CC(NC(=O)C1CCCOC1)c1nc(C(=O)O)cs1. The van der Waals surface area contributed by atoms with E-state index in [4.69, 9.17) is 9.84 Å². The van der Waals surface area contributed by atoms with E-state index in [1.54, 1.807) is 6.92 Å². The fourth-order valence-corrected chi connectivity index (χ4v) is 2.73. The second kappa shape index (κ2) is 6.12. The number of hydrogen-bond acceptors (Lipinski definition) is 5. The number of rotatable bonds is 4. The molecule has 1 amide bonds. The highest BCUT2D eigenvalue weighted by Crippen LogP contribution is 2.20. The number of carbonyl (C=O) groups is 2. The lowest BCUT2D eigenvalue weighted by Crippen LogP contribution is -2.36. The highest BCUT2D eigenvalue weighted by Gasteiger charge is 2.24. The molecule has 0 spiro atoms. The highest BCUT2D eigenvalue weighted by atomic mass is 32.1. The topological polar surface area (TPSA) is 88.5 Å². The number of nitrogens with one attached hydrogen (secondary N) is 1. The Morgan fingerprint density at radius 3 is 3.00 bits per heavy atom. The van der Waals surface area contributed by atoms with Gasteiger partial charge >= 0.3 is 5.97 Å². The molecule has 1 aliphatic heterocycles. The molecule has 2 N–H and O–H groups in total. The number of thiazole rings is 1. The molecule has 2 heterocycles. The zero-order valence-electron chi connectivity index (χ0n) is 10.6. The van der Waals surface area contributed by atoms with E-state index in [1.165, 1.54) is 16.7 Å². The van der Waals surface area contributed by atoms with Gasteiger partial charge in [-0.05, 0) is 19.8 Å². The van der Waals surface area contributed by atoms with Gasteiger partial charge in [0.2, 0.25) is 5.91 Å². The van der Waals surface area contributed by atoms with E-state index in [1.807, 2.05) is 0 Å². The Bertz CT molecular complexity index is 468. The fourth-order valence-electron chi connectivity index (χ4n) is 1.93. The third-order valence-corrected chi connectivity index (χ3v) is 4.03. The first-order chi connectivity index (χ1) is 9.08. The molecule has 0 aliphatic carbocycles. The molecule has 19 heavy (non-hydrogen) atoms. The van der Waals surface area contributed by atoms with Crippen LogP contribution in [0.2, 0.25) is 0 Å². The largest absolute Gasteiger partial charge is 0.476 e. The van der Waals surface area contributed by atoms with Crippen molar-refractivity contribution in [3.63, 3.8) is 0 Å². The summed E-state index contributed by atoms with van der Waals surface area (Å²) in [5.41, 5.74) is 0.0158. The van der Waals surface area contributed by atoms with Crippen LogP contribution in [0, 0.1) is 5.92 Å². The van der Waals surface area contributed by atoms with Gasteiger partial charge in [0.05, 0.1) is 18.6 Å². The van der Waals surface area contributed by atoms with Gasteiger partial charge in [-0.1, -0.05) is 0 Å². The van der Waals surface area contributed by atoms with E-state index in [2.05, 4.69) is 10.3 Å². The van der Waals surface area contributed by atoms with E-state index in [0.29, 0.717) is 18.2 Å². The summed E-state index contributed by atoms with van der Waals surface area (Å²) >= 11 is 1.24. The van der Waals surface area contributed by atoms with Crippen molar-refractivity contribution < 1.29 is 19.4 Å². The van der Waals surface area contributed by atoms with Crippen LogP contribution < -0.4 is 5.32 Å². The van der Waals surface area contributed by atoms with Crippen LogP contribution in [0.25, 0.3) is 0 Å². The van der Waals surface area contributed by atoms with Crippen molar-refractivity contribution in [2.45, 2.75) is 25.8 Å². The molecule has 0 radical (unpaired) electrons. The quantitative estimate of drug-likeness (QED) is 0.873. The van der Waals surface area contributed by atoms with Crippen molar-refractivity contribution in [3.05, 3.63) is 16.1 Å². The lowest BCUT2D eigenvalue weighted by atomic mass is 10.0. The normalized spacial score (nSPS) is 20.8. The monoisotopic (exact) mass is 284 g/mol. The minimum atomic E-state index is -1.05. The Balaban J connectivity index is 1.93. The summed E-state index contributed by atoms with van der Waals surface area (Å²) in [5, 5.41) is 13.7. The predicted molar refractivity (Wildman–Crippen MR) is 69.2 cm³/mol. The molecule has 6 nitrogen and oxygen atoms in total. The lowest BCUT2D eigenvalue weighted by Gasteiger charge is -2.22. The van der Waals surface area contributed by atoms with Crippen LogP contribution in [0.15, 0.2) is 5.38 Å². The smallest absolute Gasteiger partial charge is 0.355 e. The second-order valence-electron chi connectivity index (χ2n) is 4.52. The number of carboxylic acid groups (broad SMARTS) is 1. The van der Waals surface area contributed by atoms with Gasteiger partial charge in [-0.3, -0.25) is 4.79 Å². The summed E-state index contributed by atoms with van der Waals surface area (Å²) in [5.74, 6) is -1.23. The number of aromatic carboxylic acids is 1.